The van der Waals surface area contributed by atoms with Gasteiger partial charge in [-0.2, -0.15) is 5.10 Å². The molecule has 2 aromatic heterocycles. The van der Waals surface area contributed by atoms with Crippen molar-refractivity contribution in [2.45, 2.75) is 30.7 Å². The Balaban J connectivity index is 1.44. The maximum absolute atomic E-state index is 12.4. The number of thioether (sulfide) groups is 1. The zero-order valence-corrected chi connectivity index (χ0v) is 15.5. The van der Waals surface area contributed by atoms with Crippen LogP contribution in [0.2, 0.25) is 0 Å². The van der Waals surface area contributed by atoms with Crippen LogP contribution in [0.1, 0.15) is 25.7 Å². The molecule has 5 nitrogen and oxygen atoms in total. The van der Waals surface area contributed by atoms with Gasteiger partial charge < -0.3 is 4.90 Å². The van der Waals surface area contributed by atoms with Gasteiger partial charge in [0.25, 0.3) is 0 Å². The number of fused-ring (bicyclic) bond motifs is 1. The van der Waals surface area contributed by atoms with Gasteiger partial charge in [-0.15, -0.1) is 0 Å². The Hall–Kier alpha value is -2.34. The van der Waals surface area contributed by atoms with Crippen LogP contribution in [0.3, 0.4) is 0 Å². The first kappa shape index (κ1) is 17.1. The summed E-state index contributed by atoms with van der Waals surface area (Å²) in [6.45, 7) is 1.79. The summed E-state index contributed by atoms with van der Waals surface area (Å²) in [5.74, 6) is 0.660. The average molecular weight is 366 g/mol. The minimum atomic E-state index is 0.217. The minimum absolute atomic E-state index is 0.217. The summed E-state index contributed by atoms with van der Waals surface area (Å²) in [5.41, 5.74) is 2.79. The molecular formula is C20H22N4OS. The minimum Gasteiger partial charge on any atom is -0.342 e. The van der Waals surface area contributed by atoms with Crippen molar-refractivity contribution in [3.8, 4) is 11.3 Å². The highest BCUT2D eigenvalue weighted by atomic mass is 32.2. The number of hydrogen-bond acceptors (Lipinski definition) is 4. The van der Waals surface area contributed by atoms with Gasteiger partial charge in [0, 0.05) is 18.7 Å². The number of hydrogen-bond donors (Lipinski definition) is 0. The fraction of sp³-hybridized carbons (Fsp3) is 0.350. The molecule has 0 N–H and O–H groups in total. The van der Waals surface area contributed by atoms with E-state index in [4.69, 9.17) is 0 Å². The summed E-state index contributed by atoms with van der Waals surface area (Å²) >= 11 is 1.50. The first-order valence-electron chi connectivity index (χ1n) is 9.12. The SMILES string of the molecule is O=C(CSc1ccc2nc(-c3ccccc3)cn2n1)N1CCCCCC1. The molecule has 0 unspecified atom stereocenters. The second-order valence-corrected chi connectivity index (χ2v) is 7.55. The van der Waals surface area contributed by atoms with Crippen molar-refractivity contribution in [2.75, 3.05) is 18.8 Å². The maximum Gasteiger partial charge on any atom is 0.232 e. The van der Waals surface area contributed by atoms with Crippen LogP contribution in [0, 0.1) is 0 Å². The molecule has 1 amide bonds. The third kappa shape index (κ3) is 3.90. The molecule has 0 radical (unpaired) electrons. The standard InChI is InChI=1S/C20H22N4OS/c25-20(23-12-6-1-2-7-13-23)15-26-19-11-10-18-21-17(14-24(18)22-19)16-8-4-3-5-9-16/h3-5,8-11,14H,1-2,6-7,12-13,15H2. The summed E-state index contributed by atoms with van der Waals surface area (Å²) < 4.78 is 1.79. The Morgan fingerprint density at radius 3 is 2.54 bits per heavy atom. The van der Waals surface area contributed by atoms with E-state index >= 15 is 0 Å². The molecule has 0 aliphatic carbocycles. The fourth-order valence-electron chi connectivity index (χ4n) is 3.24. The van der Waals surface area contributed by atoms with Gasteiger partial charge in [0.05, 0.1) is 17.6 Å². The van der Waals surface area contributed by atoms with E-state index in [1.165, 1.54) is 24.6 Å². The van der Waals surface area contributed by atoms with Crippen molar-refractivity contribution in [1.29, 1.82) is 0 Å². The van der Waals surface area contributed by atoms with Crippen LogP contribution in [-0.4, -0.2) is 44.2 Å². The Morgan fingerprint density at radius 1 is 1.00 bits per heavy atom. The quantitative estimate of drug-likeness (QED) is 0.657. The van der Waals surface area contributed by atoms with Crippen LogP contribution in [-0.2, 0) is 4.79 Å². The third-order valence-corrected chi connectivity index (χ3v) is 5.57. The lowest BCUT2D eigenvalue weighted by Gasteiger charge is -2.19. The molecule has 0 spiro atoms. The van der Waals surface area contributed by atoms with E-state index < -0.39 is 0 Å². The van der Waals surface area contributed by atoms with Crippen LogP contribution in [0.15, 0.2) is 53.7 Å². The number of amides is 1. The Morgan fingerprint density at radius 2 is 1.77 bits per heavy atom. The maximum atomic E-state index is 12.4. The van der Waals surface area contributed by atoms with Crippen LogP contribution in [0.25, 0.3) is 16.9 Å². The number of carbonyl (C=O) groups is 1. The normalized spacial score (nSPS) is 15.2. The topological polar surface area (TPSA) is 50.5 Å². The first-order chi connectivity index (χ1) is 12.8. The number of nitrogens with zero attached hydrogens (tertiary/aromatic N) is 4. The lowest BCUT2D eigenvalue weighted by molar-refractivity contribution is -0.128. The number of aromatic nitrogens is 3. The summed E-state index contributed by atoms with van der Waals surface area (Å²) in [4.78, 5) is 19.1. The summed E-state index contributed by atoms with van der Waals surface area (Å²) in [5, 5.41) is 5.45. The number of benzene rings is 1. The van der Waals surface area contributed by atoms with Crippen molar-refractivity contribution >= 4 is 23.3 Å². The molecule has 0 bridgehead atoms. The Bertz CT molecular complexity index is 885. The molecule has 1 aliphatic heterocycles. The molecule has 3 heterocycles. The van der Waals surface area contributed by atoms with Gasteiger partial charge in [0.2, 0.25) is 5.91 Å². The van der Waals surface area contributed by atoms with E-state index in [1.54, 1.807) is 4.52 Å². The van der Waals surface area contributed by atoms with Gasteiger partial charge in [-0.3, -0.25) is 4.79 Å². The molecule has 1 aromatic carbocycles. The Labute approximate surface area is 157 Å². The van der Waals surface area contributed by atoms with Gasteiger partial charge in [0.1, 0.15) is 5.03 Å². The highest BCUT2D eigenvalue weighted by molar-refractivity contribution is 7.99. The molecule has 1 saturated heterocycles. The summed E-state index contributed by atoms with van der Waals surface area (Å²) in [7, 11) is 0. The predicted molar refractivity (Wildman–Crippen MR) is 104 cm³/mol. The van der Waals surface area contributed by atoms with Gasteiger partial charge in [-0.25, -0.2) is 9.50 Å². The smallest absolute Gasteiger partial charge is 0.232 e. The van der Waals surface area contributed by atoms with E-state index in [9.17, 15) is 4.79 Å². The highest BCUT2D eigenvalue weighted by Crippen LogP contribution is 2.21. The lowest BCUT2D eigenvalue weighted by atomic mass is 10.2. The zero-order chi connectivity index (χ0) is 17.8. The fourth-order valence-corrected chi connectivity index (χ4v) is 4.00. The molecule has 3 aromatic rings. The van der Waals surface area contributed by atoms with E-state index in [2.05, 4.69) is 10.1 Å². The molecule has 1 aliphatic rings. The van der Waals surface area contributed by atoms with Crippen molar-refractivity contribution in [3.63, 3.8) is 0 Å². The van der Waals surface area contributed by atoms with Gasteiger partial charge in [0.15, 0.2) is 5.65 Å². The Kier molecular flexibility index (Phi) is 5.20. The number of likely N-dealkylation sites (tertiary alicyclic amines) is 1. The third-order valence-electron chi connectivity index (χ3n) is 4.67. The first-order valence-corrected chi connectivity index (χ1v) is 10.1. The van der Waals surface area contributed by atoms with Crippen LogP contribution < -0.4 is 0 Å². The largest absolute Gasteiger partial charge is 0.342 e. The second-order valence-electron chi connectivity index (χ2n) is 6.55. The van der Waals surface area contributed by atoms with E-state index in [1.807, 2.05) is 53.6 Å². The number of rotatable bonds is 4. The van der Waals surface area contributed by atoms with E-state index in [0.29, 0.717) is 5.75 Å². The average Bonchev–Trinajstić information content (AvgIpc) is 2.91. The van der Waals surface area contributed by atoms with Gasteiger partial charge in [-0.1, -0.05) is 54.9 Å². The van der Waals surface area contributed by atoms with E-state index in [-0.39, 0.29) is 5.91 Å². The summed E-state index contributed by atoms with van der Waals surface area (Å²) in [6, 6.07) is 14.0. The van der Waals surface area contributed by atoms with Crippen molar-refractivity contribution in [2.24, 2.45) is 0 Å². The summed E-state index contributed by atoms with van der Waals surface area (Å²) in [6.07, 6.45) is 6.65. The molecule has 6 heteroatoms. The molecule has 26 heavy (non-hydrogen) atoms. The molecule has 4 rings (SSSR count). The van der Waals surface area contributed by atoms with Crippen molar-refractivity contribution in [1.82, 2.24) is 19.5 Å². The second kappa shape index (κ2) is 7.91. The van der Waals surface area contributed by atoms with Crippen molar-refractivity contribution in [3.05, 3.63) is 48.7 Å². The monoisotopic (exact) mass is 366 g/mol. The highest BCUT2D eigenvalue weighted by Gasteiger charge is 2.16. The van der Waals surface area contributed by atoms with Crippen molar-refractivity contribution < 1.29 is 4.79 Å². The zero-order valence-electron chi connectivity index (χ0n) is 14.7. The number of carbonyl (C=O) groups excluding carboxylic acids is 1. The van der Waals surface area contributed by atoms with Crippen LogP contribution in [0.5, 0.6) is 0 Å². The molecular weight excluding hydrogens is 344 g/mol. The van der Waals surface area contributed by atoms with Gasteiger partial charge >= 0.3 is 0 Å². The van der Waals surface area contributed by atoms with Crippen LogP contribution >= 0.6 is 11.8 Å². The van der Waals surface area contributed by atoms with E-state index in [0.717, 1.165) is 47.9 Å². The molecule has 134 valence electrons. The van der Waals surface area contributed by atoms with Crippen LogP contribution in [0.4, 0.5) is 0 Å². The molecule has 0 atom stereocenters. The predicted octanol–water partition coefficient (Wildman–Crippen LogP) is 3.89. The molecule has 1 fully saturated rings. The number of imidazole rings is 1. The molecule has 0 saturated carbocycles. The van der Waals surface area contributed by atoms with Gasteiger partial charge in [-0.05, 0) is 25.0 Å². The lowest BCUT2D eigenvalue weighted by Crippen LogP contribution is -2.33.